The quantitative estimate of drug-likeness (QED) is 0.361. The summed E-state index contributed by atoms with van der Waals surface area (Å²) in [4.78, 5) is 6.63. The Morgan fingerprint density at radius 3 is 2.48 bits per heavy atom. The molecule has 0 spiro atoms. The number of guanidine groups is 1. The van der Waals surface area contributed by atoms with Gasteiger partial charge >= 0.3 is 0 Å². The number of hydrogen-bond acceptors (Lipinski definition) is 4. The number of unbranched alkanes of at least 4 members (excludes halogenated alkanes) is 1. The first-order chi connectivity index (χ1) is 11.1. The van der Waals surface area contributed by atoms with E-state index in [4.69, 9.17) is 9.47 Å². The molecule has 6 nitrogen and oxygen atoms in total. The summed E-state index contributed by atoms with van der Waals surface area (Å²) in [5.41, 5.74) is 0.152. The van der Waals surface area contributed by atoms with E-state index in [0.717, 1.165) is 71.2 Å². The molecule has 0 aliphatic carbocycles. The molecule has 0 aromatic rings. The molecule has 23 heavy (non-hydrogen) atoms. The summed E-state index contributed by atoms with van der Waals surface area (Å²) >= 11 is 0. The van der Waals surface area contributed by atoms with Gasteiger partial charge in [-0.05, 0) is 39.8 Å². The minimum absolute atomic E-state index is 0.152. The Bertz CT molecular complexity index is 329. The van der Waals surface area contributed by atoms with Crippen molar-refractivity contribution in [2.45, 2.75) is 44.6 Å². The van der Waals surface area contributed by atoms with Gasteiger partial charge in [0.25, 0.3) is 0 Å². The van der Waals surface area contributed by atoms with Crippen LogP contribution in [0.4, 0.5) is 0 Å². The zero-order valence-corrected chi connectivity index (χ0v) is 15.5. The first-order valence-electron chi connectivity index (χ1n) is 8.92. The Morgan fingerprint density at radius 1 is 1.17 bits per heavy atom. The topological polar surface area (TPSA) is 58.1 Å². The standard InChI is InChI=1S/C17H36N4O2/c1-5-6-11-22-12-7-10-19-16(18-2)20-15-17(21(3)4)8-13-23-14-9-17/h5-15H2,1-4H3,(H2,18,19,20). The van der Waals surface area contributed by atoms with E-state index in [0.29, 0.717) is 0 Å². The second-order valence-corrected chi connectivity index (χ2v) is 6.40. The van der Waals surface area contributed by atoms with Crippen molar-refractivity contribution in [3.63, 3.8) is 0 Å². The third-order valence-corrected chi connectivity index (χ3v) is 4.58. The molecule has 1 aliphatic rings. The molecule has 2 N–H and O–H groups in total. The van der Waals surface area contributed by atoms with Crippen LogP contribution in [0.2, 0.25) is 0 Å². The zero-order valence-electron chi connectivity index (χ0n) is 15.5. The lowest BCUT2D eigenvalue weighted by atomic mass is 9.88. The van der Waals surface area contributed by atoms with Crippen molar-refractivity contribution in [2.75, 3.05) is 60.7 Å². The summed E-state index contributed by atoms with van der Waals surface area (Å²) in [7, 11) is 6.12. The lowest BCUT2D eigenvalue weighted by Gasteiger charge is -2.43. The maximum absolute atomic E-state index is 5.57. The maximum Gasteiger partial charge on any atom is 0.191 e. The minimum Gasteiger partial charge on any atom is -0.381 e. The Balaban J connectivity index is 2.24. The van der Waals surface area contributed by atoms with E-state index in [1.54, 1.807) is 0 Å². The van der Waals surface area contributed by atoms with Gasteiger partial charge in [0, 0.05) is 52.1 Å². The fraction of sp³-hybridized carbons (Fsp3) is 0.941. The highest BCUT2D eigenvalue weighted by Gasteiger charge is 2.34. The molecule has 0 amide bonds. The molecule has 6 heteroatoms. The first-order valence-corrected chi connectivity index (χ1v) is 8.92. The normalized spacial score (nSPS) is 18.2. The second-order valence-electron chi connectivity index (χ2n) is 6.40. The van der Waals surface area contributed by atoms with E-state index in [2.05, 4.69) is 41.5 Å². The van der Waals surface area contributed by atoms with Crippen LogP contribution in [0.1, 0.15) is 39.0 Å². The molecule has 1 rings (SSSR count). The van der Waals surface area contributed by atoms with Crippen molar-refractivity contribution >= 4 is 5.96 Å². The molecule has 0 atom stereocenters. The third kappa shape index (κ3) is 7.50. The van der Waals surface area contributed by atoms with Gasteiger partial charge in [-0.1, -0.05) is 13.3 Å². The van der Waals surface area contributed by atoms with Crippen molar-refractivity contribution in [1.82, 2.24) is 15.5 Å². The van der Waals surface area contributed by atoms with Crippen molar-refractivity contribution in [1.29, 1.82) is 0 Å². The Morgan fingerprint density at radius 2 is 1.87 bits per heavy atom. The van der Waals surface area contributed by atoms with Crippen molar-refractivity contribution in [3.05, 3.63) is 0 Å². The molecule has 0 radical (unpaired) electrons. The van der Waals surface area contributed by atoms with Gasteiger partial charge in [0.2, 0.25) is 0 Å². The summed E-state index contributed by atoms with van der Waals surface area (Å²) in [6.45, 7) is 7.29. The van der Waals surface area contributed by atoms with Crippen LogP contribution in [-0.2, 0) is 9.47 Å². The lowest BCUT2D eigenvalue weighted by Crippen LogP contribution is -2.57. The van der Waals surface area contributed by atoms with Crippen LogP contribution >= 0.6 is 0 Å². The minimum atomic E-state index is 0.152. The largest absolute Gasteiger partial charge is 0.381 e. The van der Waals surface area contributed by atoms with E-state index < -0.39 is 0 Å². The number of likely N-dealkylation sites (N-methyl/N-ethyl adjacent to an activating group) is 1. The second kappa shape index (κ2) is 11.6. The zero-order chi connectivity index (χ0) is 17.0. The molecule has 1 heterocycles. The number of nitrogens with one attached hydrogen (secondary N) is 2. The molecule has 1 saturated heterocycles. The first kappa shape index (κ1) is 20.2. The average Bonchev–Trinajstić information content (AvgIpc) is 2.57. The SMILES string of the molecule is CCCCOCCCNC(=NC)NCC1(N(C)C)CCOCC1. The molecule has 136 valence electrons. The number of nitrogens with zero attached hydrogens (tertiary/aromatic N) is 2. The molecule has 1 fully saturated rings. The van der Waals surface area contributed by atoms with Crippen molar-refractivity contribution in [2.24, 2.45) is 4.99 Å². The van der Waals surface area contributed by atoms with E-state index in [1.165, 1.54) is 6.42 Å². The van der Waals surface area contributed by atoms with Gasteiger partial charge in [-0.15, -0.1) is 0 Å². The molecule has 0 bridgehead atoms. The number of rotatable bonds is 10. The summed E-state index contributed by atoms with van der Waals surface area (Å²) in [6, 6.07) is 0. The van der Waals surface area contributed by atoms with Gasteiger partial charge < -0.3 is 25.0 Å². The van der Waals surface area contributed by atoms with Gasteiger partial charge in [0.1, 0.15) is 0 Å². The highest BCUT2D eigenvalue weighted by molar-refractivity contribution is 5.79. The summed E-state index contributed by atoms with van der Waals surface area (Å²) in [5.74, 6) is 0.867. The smallest absolute Gasteiger partial charge is 0.191 e. The third-order valence-electron chi connectivity index (χ3n) is 4.58. The molecular weight excluding hydrogens is 292 g/mol. The maximum atomic E-state index is 5.57. The molecule has 0 saturated carbocycles. The van der Waals surface area contributed by atoms with Crippen LogP contribution < -0.4 is 10.6 Å². The Labute approximate surface area is 142 Å². The number of hydrogen-bond donors (Lipinski definition) is 2. The fourth-order valence-electron chi connectivity index (χ4n) is 2.73. The lowest BCUT2D eigenvalue weighted by molar-refractivity contribution is -0.00501. The van der Waals surface area contributed by atoms with Gasteiger partial charge in [-0.2, -0.15) is 0 Å². The van der Waals surface area contributed by atoms with Gasteiger partial charge in [0.15, 0.2) is 5.96 Å². The predicted octanol–water partition coefficient (Wildman–Crippen LogP) is 1.47. The summed E-state index contributed by atoms with van der Waals surface area (Å²) < 4.78 is 11.1. The van der Waals surface area contributed by atoms with Gasteiger partial charge in [0.05, 0.1) is 0 Å². The Kier molecular flexibility index (Phi) is 10.2. The summed E-state index contributed by atoms with van der Waals surface area (Å²) in [6.07, 6.45) is 5.43. The highest BCUT2D eigenvalue weighted by atomic mass is 16.5. The van der Waals surface area contributed by atoms with Gasteiger partial charge in [-0.3, -0.25) is 4.99 Å². The average molecular weight is 329 g/mol. The Hall–Kier alpha value is -0.850. The predicted molar refractivity (Wildman–Crippen MR) is 96.2 cm³/mol. The summed E-state index contributed by atoms with van der Waals surface area (Å²) in [5, 5.41) is 6.84. The van der Waals surface area contributed by atoms with E-state index >= 15 is 0 Å². The molecule has 0 aromatic heterocycles. The van der Waals surface area contributed by atoms with Crippen molar-refractivity contribution in [3.8, 4) is 0 Å². The molecular formula is C17H36N4O2. The van der Waals surface area contributed by atoms with Crippen LogP contribution in [-0.4, -0.2) is 77.1 Å². The van der Waals surface area contributed by atoms with E-state index in [9.17, 15) is 0 Å². The van der Waals surface area contributed by atoms with Crippen LogP contribution in [0.5, 0.6) is 0 Å². The highest BCUT2D eigenvalue weighted by Crippen LogP contribution is 2.24. The van der Waals surface area contributed by atoms with Crippen LogP contribution in [0.15, 0.2) is 4.99 Å². The molecule has 0 unspecified atom stereocenters. The van der Waals surface area contributed by atoms with Crippen LogP contribution in [0.3, 0.4) is 0 Å². The van der Waals surface area contributed by atoms with Crippen molar-refractivity contribution < 1.29 is 9.47 Å². The fourth-order valence-corrected chi connectivity index (χ4v) is 2.73. The van der Waals surface area contributed by atoms with E-state index in [-0.39, 0.29) is 5.54 Å². The van der Waals surface area contributed by atoms with Crippen LogP contribution in [0, 0.1) is 0 Å². The molecule has 1 aliphatic heterocycles. The number of aliphatic imine (C=N–C) groups is 1. The molecule has 0 aromatic carbocycles. The number of ether oxygens (including phenoxy) is 2. The van der Waals surface area contributed by atoms with Gasteiger partial charge in [-0.25, -0.2) is 0 Å². The van der Waals surface area contributed by atoms with Crippen LogP contribution in [0.25, 0.3) is 0 Å². The monoisotopic (exact) mass is 328 g/mol. The van der Waals surface area contributed by atoms with E-state index in [1.807, 2.05) is 7.05 Å².